The molecule has 0 saturated heterocycles. The number of carbonyl (C=O) groups excluding carboxylic acids is 1. The van der Waals surface area contributed by atoms with Crippen LogP contribution in [0.3, 0.4) is 0 Å². The van der Waals surface area contributed by atoms with E-state index in [0.717, 1.165) is 19.4 Å². The van der Waals surface area contributed by atoms with Crippen LogP contribution in [0.25, 0.3) is 0 Å². The number of urea groups is 1. The van der Waals surface area contributed by atoms with Crippen LogP contribution in [0.2, 0.25) is 0 Å². The zero-order valence-corrected chi connectivity index (χ0v) is 12.4. The highest BCUT2D eigenvalue weighted by molar-refractivity contribution is 5.74. The molecule has 0 atom stereocenters. The Morgan fingerprint density at radius 3 is 2.55 bits per heavy atom. The van der Waals surface area contributed by atoms with Crippen molar-refractivity contribution in [3.63, 3.8) is 0 Å². The van der Waals surface area contributed by atoms with Gasteiger partial charge in [-0.15, -0.1) is 0 Å². The van der Waals surface area contributed by atoms with Crippen molar-refractivity contribution in [2.24, 2.45) is 5.92 Å². The third-order valence-electron chi connectivity index (χ3n) is 3.34. The summed E-state index contributed by atoms with van der Waals surface area (Å²) in [5.74, 6) is -0.562. The molecule has 20 heavy (non-hydrogen) atoms. The fourth-order valence-corrected chi connectivity index (χ4v) is 2.50. The summed E-state index contributed by atoms with van der Waals surface area (Å²) in [4.78, 5) is 24.4. The zero-order chi connectivity index (χ0) is 15.0. The molecular formula is C14H26N2O4. The molecule has 0 aromatic heterocycles. The second-order valence-electron chi connectivity index (χ2n) is 5.66. The predicted molar refractivity (Wildman–Crippen MR) is 75.7 cm³/mol. The van der Waals surface area contributed by atoms with Crippen molar-refractivity contribution < 1.29 is 19.4 Å². The van der Waals surface area contributed by atoms with Gasteiger partial charge < -0.3 is 20.1 Å². The van der Waals surface area contributed by atoms with Gasteiger partial charge in [-0.1, -0.05) is 26.7 Å². The molecule has 0 bridgehead atoms. The maximum atomic E-state index is 12.2. The maximum absolute atomic E-state index is 12.2. The van der Waals surface area contributed by atoms with Crippen molar-refractivity contribution in [1.29, 1.82) is 0 Å². The van der Waals surface area contributed by atoms with E-state index >= 15 is 0 Å². The number of carbonyl (C=O) groups is 2. The van der Waals surface area contributed by atoms with E-state index in [1.165, 1.54) is 12.8 Å². The first kappa shape index (κ1) is 16.8. The number of ether oxygens (including phenoxy) is 1. The lowest BCUT2D eigenvalue weighted by molar-refractivity contribution is -0.142. The van der Waals surface area contributed by atoms with Crippen LogP contribution >= 0.6 is 0 Å². The van der Waals surface area contributed by atoms with Crippen molar-refractivity contribution in [3.05, 3.63) is 0 Å². The lowest BCUT2D eigenvalue weighted by atomic mass is 10.1. The number of hydrogen-bond donors (Lipinski definition) is 2. The van der Waals surface area contributed by atoms with Gasteiger partial charge in [0.2, 0.25) is 0 Å². The molecule has 0 aromatic rings. The Morgan fingerprint density at radius 1 is 1.35 bits per heavy atom. The van der Waals surface area contributed by atoms with Gasteiger partial charge in [0.25, 0.3) is 0 Å². The van der Waals surface area contributed by atoms with Gasteiger partial charge >= 0.3 is 12.0 Å². The first-order valence-electron chi connectivity index (χ1n) is 7.34. The van der Waals surface area contributed by atoms with Crippen molar-refractivity contribution in [2.45, 2.75) is 45.6 Å². The molecule has 0 aromatic carbocycles. The summed E-state index contributed by atoms with van der Waals surface area (Å²) in [5.41, 5.74) is 0. The first-order chi connectivity index (χ1) is 9.50. The molecule has 1 aliphatic rings. The van der Waals surface area contributed by atoms with E-state index in [1.54, 1.807) is 0 Å². The topological polar surface area (TPSA) is 78.9 Å². The third kappa shape index (κ3) is 6.23. The number of amides is 2. The summed E-state index contributed by atoms with van der Waals surface area (Å²) in [6.45, 7) is 5.20. The summed E-state index contributed by atoms with van der Waals surface area (Å²) in [7, 11) is 0. The van der Waals surface area contributed by atoms with E-state index in [9.17, 15) is 9.59 Å². The van der Waals surface area contributed by atoms with E-state index in [1.807, 2.05) is 4.90 Å². The molecule has 6 heteroatoms. The molecule has 6 nitrogen and oxygen atoms in total. The van der Waals surface area contributed by atoms with Crippen molar-refractivity contribution in [3.8, 4) is 0 Å². The van der Waals surface area contributed by atoms with Crippen LogP contribution in [0.15, 0.2) is 0 Å². The van der Waals surface area contributed by atoms with Gasteiger partial charge in [0.1, 0.15) is 6.61 Å². The number of carboxylic acid groups (broad SMARTS) is 1. The van der Waals surface area contributed by atoms with Crippen LogP contribution in [0.5, 0.6) is 0 Å². The predicted octanol–water partition coefficient (Wildman–Crippen LogP) is 1.70. The minimum absolute atomic E-state index is 0.0653. The Hall–Kier alpha value is -1.30. The van der Waals surface area contributed by atoms with Crippen LogP contribution < -0.4 is 5.32 Å². The van der Waals surface area contributed by atoms with Gasteiger partial charge in [-0.3, -0.25) is 0 Å². The van der Waals surface area contributed by atoms with Crippen LogP contribution in [0, 0.1) is 5.92 Å². The number of nitrogens with zero attached hydrogens (tertiary/aromatic N) is 1. The van der Waals surface area contributed by atoms with Crippen molar-refractivity contribution in [1.82, 2.24) is 10.2 Å². The van der Waals surface area contributed by atoms with Crippen LogP contribution in [-0.2, 0) is 9.53 Å². The fraction of sp³-hybridized carbons (Fsp3) is 0.857. The Kier molecular flexibility index (Phi) is 7.36. The van der Waals surface area contributed by atoms with Crippen LogP contribution in [-0.4, -0.2) is 54.4 Å². The molecule has 116 valence electrons. The molecule has 1 saturated carbocycles. The van der Waals surface area contributed by atoms with E-state index < -0.39 is 5.97 Å². The second kappa shape index (κ2) is 8.79. The summed E-state index contributed by atoms with van der Waals surface area (Å²) < 4.78 is 4.90. The maximum Gasteiger partial charge on any atom is 0.329 e. The first-order valence-corrected chi connectivity index (χ1v) is 7.34. The number of rotatable bonds is 8. The monoisotopic (exact) mass is 286 g/mol. The van der Waals surface area contributed by atoms with E-state index in [0.29, 0.717) is 18.5 Å². The van der Waals surface area contributed by atoms with Gasteiger partial charge in [0.05, 0.1) is 6.61 Å². The molecule has 0 spiro atoms. The average molecular weight is 286 g/mol. The highest BCUT2D eigenvalue weighted by atomic mass is 16.5. The van der Waals surface area contributed by atoms with E-state index in [2.05, 4.69) is 19.2 Å². The Labute approximate surface area is 120 Å². The summed E-state index contributed by atoms with van der Waals surface area (Å²) in [6, 6.07) is 0.280. The molecule has 0 unspecified atom stereocenters. The Morgan fingerprint density at radius 2 is 2.00 bits per heavy atom. The second-order valence-corrected chi connectivity index (χ2v) is 5.66. The SMILES string of the molecule is CC(C)CN(C(=O)NCCOCC(=O)O)C1CCCC1. The fourth-order valence-electron chi connectivity index (χ4n) is 2.50. The van der Waals surface area contributed by atoms with Crippen LogP contribution in [0.1, 0.15) is 39.5 Å². The summed E-state index contributed by atoms with van der Waals surface area (Å²) in [5, 5.41) is 11.2. The molecule has 1 aliphatic carbocycles. The smallest absolute Gasteiger partial charge is 0.329 e. The minimum Gasteiger partial charge on any atom is -0.480 e. The molecule has 0 aliphatic heterocycles. The van der Waals surface area contributed by atoms with Crippen molar-refractivity contribution >= 4 is 12.0 Å². The molecule has 1 fully saturated rings. The average Bonchev–Trinajstić information content (AvgIpc) is 2.88. The van der Waals surface area contributed by atoms with E-state index in [4.69, 9.17) is 9.84 Å². The normalized spacial score (nSPS) is 15.6. The number of carboxylic acids is 1. The largest absolute Gasteiger partial charge is 0.480 e. The Balaban J connectivity index is 2.33. The standard InChI is InChI=1S/C14H26N2O4/c1-11(2)9-16(12-5-3-4-6-12)14(19)15-7-8-20-10-13(17)18/h11-12H,3-10H2,1-2H3,(H,15,19)(H,17,18). The van der Waals surface area contributed by atoms with Gasteiger partial charge in [0, 0.05) is 19.1 Å². The molecule has 0 radical (unpaired) electrons. The number of aliphatic carboxylic acids is 1. The van der Waals surface area contributed by atoms with Gasteiger partial charge in [-0.25, -0.2) is 9.59 Å². The summed E-state index contributed by atoms with van der Waals surface area (Å²) in [6.07, 6.45) is 4.54. The van der Waals surface area contributed by atoms with E-state index in [-0.39, 0.29) is 19.2 Å². The summed E-state index contributed by atoms with van der Waals surface area (Å²) >= 11 is 0. The molecule has 2 N–H and O–H groups in total. The number of nitrogens with one attached hydrogen (secondary N) is 1. The third-order valence-corrected chi connectivity index (χ3v) is 3.34. The quantitative estimate of drug-likeness (QED) is 0.666. The van der Waals surface area contributed by atoms with Gasteiger partial charge in [-0.05, 0) is 18.8 Å². The molecular weight excluding hydrogens is 260 g/mol. The lowest BCUT2D eigenvalue weighted by Gasteiger charge is -2.30. The molecule has 1 rings (SSSR count). The molecule has 0 heterocycles. The highest BCUT2D eigenvalue weighted by Crippen LogP contribution is 2.24. The lowest BCUT2D eigenvalue weighted by Crippen LogP contribution is -2.47. The van der Waals surface area contributed by atoms with Crippen molar-refractivity contribution in [2.75, 3.05) is 26.3 Å². The zero-order valence-electron chi connectivity index (χ0n) is 12.4. The Bertz CT molecular complexity index is 314. The number of hydrogen-bond acceptors (Lipinski definition) is 3. The van der Waals surface area contributed by atoms with Gasteiger partial charge in [-0.2, -0.15) is 0 Å². The minimum atomic E-state index is -0.997. The van der Waals surface area contributed by atoms with Crippen LogP contribution in [0.4, 0.5) is 4.79 Å². The molecule has 2 amide bonds. The highest BCUT2D eigenvalue weighted by Gasteiger charge is 2.26. The van der Waals surface area contributed by atoms with Gasteiger partial charge in [0.15, 0.2) is 0 Å².